The van der Waals surface area contributed by atoms with Gasteiger partial charge in [0.15, 0.2) is 17.3 Å². The summed E-state index contributed by atoms with van der Waals surface area (Å²) in [5.41, 5.74) is 2.05. The van der Waals surface area contributed by atoms with Gasteiger partial charge in [0.1, 0.15) is 5.82 Å². The summed E-state index contributed by atoms with van der Waals surface area (Å²) in [6.45, 7) is 0. The second-order valence-electron chi connectivity index (χ2n) is 4.69. The van der Waals surface area contributed by atoms with Crippen molar-refractivity contribution >= 4 is 11.9 Å². The number of hydrogen-bond donors (Lipinski definition) is 2. The second-order valence-corrected chi connectivity index (χ2v) is 4.69. The van der Waals surface area contributed by atoms with Gasteiger partial charge in [0.2, 0.25) is 0 Å². The van der Waals surface area contributed by atoms with Gasteiger partial charge in [0.05, 0.1) is 0 Å². The smallest absolute Gasteiger partial charge is 0.189 e. The molecule has 100 valence electrons. The average molecular weight is 270 g/mol. The highest BCUT2D eigenvalue weighted by atomic mass is 19.1. The van der Waals surface area contributed by atoms with Crippen LogP contribution in [-0.2, 0) is 6.42 Å². The standard InChI is InChI=1S/C16H11FO3/c17-11-3-1-9(2-4-11)7-10-8-13-12(15(10)19)5-6-14(18)16(13)20/h1-7,18,20H,8H2/b10-7+. The Hall–Kier alpha value is -2.62. The van der Waals surface area contributed by atoms with E-state index in [2.05, 4.69) is 0 Å². The van der Waals surface area contributed by atoms with Gasteiger partial charge in [-0.15, -0.1) is 0 Å². The molecule has 0 aromatic heterocycles. The fraction of sp³-hybridized carbons (Fsp3) is 0.0625. The Labute approximate surface area is 114 Å². The molecule has 3 rings (SSSR count). The van der Waals surface area contributed by atoms with Gasteiger partial charge in [-0.2, -0.15) is 0 Å². The van der Waals surface area contributed by atoms with Crippen LogP contribution in [0.1, 0.15) is 21.5 Å². The number of rotatable bonds is 1. The third-order valence-electron chi connectivity index (χ3n) is 3.38. The molecule has 1 aliphatic carbocycles. The van der Waals surface area contributed by atoms with Crippen molar-refractivity contribution in [3.05, 3.63) is 64.5 Å². The SMILES string of the molecule is O=C1/C(=C/c2ccc(F)cc2)Cc2c1ccc(O)c2O. The minimum Gasteiger partial charge on any atom is -0.504 e. The number of allylic oxidation sites excluding steroid dienone is 1. The Morgan fingerprint density at radius 1 is 1.05 bits per heavy atom. The molecule has 2 N–H and O–H groups in total. The molecule has 0 fully saturated rings. The van der Waals surface area contributed by atoms with Gasteiger partial charge in [0, 0.05) is 23.1 Å². The van der Waals surface area contributed by atoms with Crippen molar-refractivity contribution in [3.63, 3.8) is 0 Å². The molecule has 0 aliphatic heterocycles. The van der Waals surface area contributed by atoms with Crippen molar-refractivity contribution in [2.24, 2.45) is 0 Å². The first-order valence-corrected chi connectivity index (χ1v) is 6.11. The topological polar surface area (TPSA) is 57.5 Å². The summed E-state index contributed by atoms with van der Waals surface area (Å²) in [5.74, 6) is -1.01. The fourth-order valence-electron chi connectivity index (χ4n) is 2.34. The summed E-state index contributed by atoms with van der Waals surface area (Å²) in [6.07, 6.45) is 1.92. The highest BCUT2D eigenvalue weighted by molar-refractivity contribution is 6.16. The number of benzene rings is 2. The zero-order valence-corrected chi connectivity index (χ0v) is 10.4. The monoisotopic (exact) mass is 270 g/mol. The maximum absolute atomic E-state index is 12.8. The molecule has 0 spiro atoms. The van der Waals surface area contributed by atoms with E-state index in [1.54, 1.807) is 18.2 Å². The molecule has 0 heterocycles. The highest BCUT2D eigenvalue weighted by Gasteiger charge is 2.28. The first-order chi connectivity index (χ1) is 9.56. The van der Waals surface area contributed by atoms with Gasteiger partial charge < -0.3 is 10.2 Å². The molecule has 2 aromatic carbocycles. The van der Waals surface area contributed by atoms with Crippen LogP contribution < -0.4 is 0 Å². The third-order valence-corrected chi connectivity index (χ3v) is 3.38. The zero-order valence-electron chi connectivity index (χ0n) is 10.4. The van der Waals surface area contributed by atoms with Crippen molar-refractivity contribution in [2.75, 3.05) is 0 Å². The van der Waals surface area contributed by atoms with Gasteiger partial charge in [-0.05, 0) is 35.9 Å². The van der Waals surface area contributed by atoms with E-state index in [0.717, 1.165) is 0 Å². The normalized spacial score (nSPS) is 15.7. The molecule has 2 aromatic rings. The Balaban J connectivity index is 2.01. The molecule has 0 atom stereocenters. The van der Waals surface area contributed by atoms with Crippen LogP contribution in [0.4, 0.5) is 4.39 Å². The van der Waals surface area contributed by atoms with Crippen molar-refractivity contribution in [3.8, 4) is 11.5 Å². The van der Waals surface area contributed by atoms with E-state index in [9.17, 15) is 19.4 Å². The molecule has 0 radical (unpaired) electrons. The summed E-state index contributed by atoms with van der Waals surface area (Å²) in [4.78, 5) is 12.2. The lowest BCUT2D eigenvalue weighted by Gasteiger charge is -2.01. The molecule has 1 aliphatic rings. The molecule has 20 heavy (non-hydrogen) atoms. The molecule has 0 unspecified atom stereocenters. The number of phenols is 2. The molecule has 0 saturated heterocycles. The average Bonchev–Trinajstić information content (AvgIpc) is 2.75. The van der Waals surface area contributed by atoms with Crippen LogP contribution in [0, 0.1) is 5.82 Å². The summed E-state index contributed by atoms with van der Waals surface area (Å²) < 4.78 is 12.8. The highest BCUT2D eigenvalue weighted by Crippen LogP contribution is 2.38. The quantitative estimate of drug-likeness (QED) is 0.618. The summed E-state index contributed by atoms with van der Waals surface area (Å²) in [6, 6.07) is 8.60. The Bertz CT molecular complexity index is 730. The molecular weight excluding hydrogens is 259 g/mol. The van der Waals surface area contributed by atoms with Crippen LogP contribution in [-0.4, -0.2) is 16.0 Å². The van der Waals surface area contributed by atoms with E-state index in [1.807, 2.05) is 0 Å². The van der Waals surface area contributed by atoms with Crippen molar-refractivity contribution in [2.45, 2.75) is 6.42 Å². The predicted octanol–water partition coefficient (Wildman–Crippen LogP) is 3.06. The van der Waals surface area contributed by atoms with Gasteiger partial charge in [-0.1, -0.05) is 12.1 Å². The lowest BCUT2D eigenvalue weighted by Crippen LogP contribution is -1.95. The van der Waals surface area contributed by atoms with Crippen LogP contribution in [0.25, 0.3) is 6.08 Å². The minimum absolute atomic E-state index is 0.181. The zero-order chi connectivity index (χ0) is 14.3. The van der Waals surface area contributed by atoms with Gasteiger partial charge in [-0.25, -0.2) is 4.39 Å². The molecular formula is C16H11FO3. The lowest BCUT2D eigenvalue weighted by atomic mass is 10.1. The number of halogens is 1. The van der Waals surface area contributed by atoms with E-state index >= 15 is 0 Å². The summed E-state index contributed by atoms with van der Waals surface area (Å²) in [7, 11) is 0. The van der Waals surface area contributed by atoms with Crippen molar-refractivity contribution in [1.82, 2.24) is 0 Å². The van der Waals surface area contributed by atoms with Crippen LogP contribution >= 0.6 is 0 Å². The molecule has 0 saturated carbocycles. The molecule has 3 nitrogen and oxygen atoms in total. The Morgan fingerprint density at radius 3 is 2.45 bits per heavy atom. The molecule has 4 heteroatoms. The number of phenolic OH excluding ortho intramolecular Hbond substituents is 2. The second kappa shape index (κ2) is 4.49. The van der Waals surface area contributed by atoms with Gasteiger partial charge in [0.25, 0.3) is 0 Å². The number of Topliss-reactive ketones (excluding diaryl/α,β-unsaturated/α-hetero) is 1. The predicted molar refractivity (Wildman–Crippen MR) is 72.2 cm³/mol. The number of ketones is 1. The lowest BCUT2D eigenvalue weighted by molar-refractivity contribution is 0.104. The minimum atomic E-state index is -0.337. The fourth-order valence-corrected chi connectivity index (χ4v) is 2.34. The summed E-state index contributed by atoms with van der Waals surface area (Å²) >= 11 is 0. The maximum Gasteiger partial charge on any atom is 0.189 e. The van der Waals surface area contributed by atoms with E-state index in [-0.39, 0.29) is 29.5 Å². The van der Waals surface area contributed by atoms with Crippen LogP contribution in [0.3, 0.4) is 0 Å². The Kier molecular flexibility index (Phi) is 2.79. The third kappa shape index (κ3) is 1.95. The summed E-state index contributed by atoms with van der Waals surface area (Å²) in [5, 5.41) is 19.2. The number of carbonyl (C=O) groups excluding carboxylic acids is 1. The first-order valence-electron chi connectivity index (χ1n) is 6.11. The van der Waals surface area contributed by atoms with E-state index in [0.29, 0.717) is 22.3 Å². The maximum atomic E-state index is 12.8. The molecule has 0 amide bonds. The van der Waals surface area contributed by atoms with E-state index < -0.39 is 0 Å². The van der Waals surface area contributed by atoms with Crippen LogP contribution in [0.2, 0.25) is 0 Å². The number of fused-ring (bicyclic) bond motifs is 1. The van der Waals surface area contributed by atoms with Crippen molar-refractivity contribution in [1.29, 1.82) is 0 Å². The van der Waals surface area contributed by atoms with Crippen molar-refractivity contribution < 1.29 is 19.4 Å². The number of aromatic hydroxyl groups is 2. The van der Waals surface area contributed by atoms with Crippen LogP contribution in [0.5, 0.6) is 11.5 Å². The molecule has 0 bridgehead atoms. The Morgan fingerprint density at radius 2 is 1.75 bits per heavy atom. The van der Waals surface area contributed by atoms with E-state index in [1.165, 1.54) is 24.3 Å². The van der Waals surface area contributed by atoms with E-state index in [4.69, 9.17) is 0 Å². The van der Waals surface area contributed by atoms with Gasteiger partial charge in [-0.3, -0.25) is 4.79 Å². The number of carbonyl (C=O) groups is 1. The number of hydrogen-bond acceptors (Lipinski definition) is 3. The largest absolute Gasteiger partial charge is 0.504 e. The van der Waals surface area contributed by atoms with Crippen LogP contribution in [0.15, 0.2) is 42.0 Å². The first kappa shape index (κ1) is 12.4. The van der Waals surface area contributed by atoms with Gasteiger partial charge >= 0.3 is 0 Å².